The predicted molar refractivity (Wildman–Crippen MR) is 144 cm³/mol. The average Bonchev–Trinajstić information content (AvgIpc) is 3.57. The van der Waals surface area contributed by atoms with Gasteiger partial charge in [0.15, 0.2) is 0 Å². The summed E-state index contributed by atoms with van der Waals surface area (Å²) < 4.78 is 5.85. The predicted octanol–water partition coefficient (Wildman–Crippen LogP) is 5.07. The summed E-state index contributed by atoms with van der Waals surface area (Å²) in [6, 6.07) is 12.8. The second-order valence-electron chi connectivity index (χ2n) is 10.3. The van der Waals surface area contributed by atoms with Crippen molar-refractivity contribution in [3.63, 3.8) is 0 Å². The second kappa shape index (κ2) is 11.6. The van der Waals surface area contributed by atoms with E-state index < -0.39 is 12.1 Å². The van der Waals surface area contributed by atoms with E-state index in [-0.39, 0.29) is 17.9 Å². The fourth-order valence-electron chi connectivity index (χ4n) is 5.20. The molecule has 8 heteroatoms. The van der Waals surface area contributed by atoms with Crippen molar-refractivity contribution in [3.8, 4) is 5.75 Å². The van der Waals surface area contributed by atoms with Gasteiger partial charge < -0.3 is 25.0 Å². The summed E-state index contributed by atoms with van der Waals surface area (Å²) in [4.78, 5) is 17.9. The number of rotatable bonds is 9. The Balaban J connectivity index is 1.27. The van der Waals surface area contributed by atoms with Crippen LogP contribution in [-0.2, 0) is 4.79 Å². The fraction of sp³-hybridized carbons (Fsp3) is 0.536. The van der Waals surface area contributed by atoms with Crippen molar-refractivity contribution in [1.29, 1.82) is 0 Å². The number of aliphatic hydroxyl groups excluding tert-OH is 1. The van der Waals surface area contributed by atoms with E-state index >= 15 is 0 Å². The molecule has 36 heavy (non-hydrogen) atoms. The Labute approximate surface area is 223 Å². The number of halogens is 2. The van der Waals surface area contributed by atoms with Crippen LogP contribution in [0.15, 0.2) is 42.5 Å². The van der Waals surface area contributed by atoms with E-state index in [2.05, 4.69) is 15.1 Å². The summed E-state index contributed by atoms with van der Waals surface area (Å²) in [7, 11) is 0. The van der Waals surface area contributed by atoms with Crippen LogP contribution in [0.25, 0.3) is 0 Å². The molecule has 2 aromatic rings. The largest absolute Gasteiger partial charge is 0.489 e. The lowest BCUT2D eigenvalue weighted by molar-refractivity contribution is -0.126. The Hall–Kier alpha value is -1.99. The lowest BCUT2D eigenvalue weighted by atomic mass is 9.99. The van der Waals surface area contributed by atoms with Crippen molar-refractivity contribution in [2.75, 3.05) is 37.6 Å². The average molecular weight is 533 g/mol. The van der Waals surface area contributed by atoms with E-state index in [0.29, 0.717) is 34.4 Å². The molecule has 1 saturated carbocycles. The van der Waals surface area contributed by atoms with Gasteiger partial charge in [-0.3, -0.25) is 4.79 Å². The second-order valence-corrected chi connectivity index (χ2v) is 11.2. The monoisotopic (exact) mass is 531 g/mol. The minimum Gasteiger partial charge on any atom is -0.489 e. The highest BCUT2D eigenvalue weighted by Crippen LogP contribution is 2.34. The number of piperidine rings is 1. The highest BCUT2D eigenvalue weighted by molar-refractivity contribution is 6.32. The molecule has 3 atom stereocenters. The minimum absolute atomic E-state index is 0.00712. The Kier molecular flexibility index (Phi) is 8.26. The molecule has 2 aromatic carbocycles. The molecule has 0 radical (unpaired) electrons. The molecule has 1 aliphatic carbocycles. The number of ether oxygens (including phenoxy) is 1. The van der Waals surface area contributed by atoms with Crippen LogP contribution in [0.1, 0.15) is 50.2 Å². The van der Waals surface area contributed by atoms with Gasteiger partial charge in [0.2, 0.25) is 5.91 Å². The summed E-state index contributed by atoms with van der Waals surface area (Å²) in [5.74, 6) is 0.516. The number of hydrogen-bond acceptors (Lipinski definition) is 5. The Morgan fingerprint density at radius 3 is 2.47 bits per heavy atom. The highest BCUT2D eigenvalue weighted by atomic mass is 35.5. The number of carbonyl (C=O) groups is 1. The summed E-state index contributed by atoms with van der Waals surface area (Å²) in [6.45, 7) is 4.05. The minimum atomic E-state index is -0.864. The number of carbonyl (C=O) groups excluding carboxylic acids is 1. The first-order valence-corrected chi connectivity index (χ1v) is 13.9. The van der Waals surface area contributed by atoms with Crippen molar-refractivity contribution in [2.24, 2.45) is 5.92 Å². The summed E-state index contributed by atoms with van der Waals surface area (Å²) in [5.41, 5.74) is 1.77. The molecule has 1 amide bonds. The zero-order chi connectivity index (χ0) is 25.1. The highest BCUT2D eigenvalue weighted by Gasteiger charge is 2.33. The Bertz CT molecular complexity index is 1040. The van der Waals surface area contributed by atoms with Crippen LogP contribution in [0.4, 0.5) is 5.69 Å². The van der Waals surface area contributed by atoms with E-state index in [9.17, 15) is 9.90 Å². The van der Waals surface area contributed by atoms with Gasteiger partial charge >= 0.3 is 0 Å². The fourth-order valence-corrected chi connectivity index (χ4v) is 5.56. The smallest absolute Gasteiger partial charge is 0.225 e. The van der Waals surface area contributed by atoms with Gasteiger partial charge in [0.25, 0.3) is 0 Å². The molecule has 0 bridgehead atoms. The molecule has 194 valence electrons. The first-order chi connectivity index (χ1) is 17.5. The van der Waals surface area contributed by atoms with Crippen LogP contribution in [0.5, 0.6) is 5.75 Å². The van der Waals surface area contributed by atoms with Gasteiger partial charge in [-0.15, -0.1) is 0 Å². The SMILES string of the molecule is O=C(N[C@H](CN1CCCCC1)[C@H](O)c1ccc(OC2CC2)c(Cl)c1)[C@@H]1CCN(c2ccc(Cl)cc2)C1. The van der Waals surface area contributed by atoms with Crippen molar-refractivity contribution in [1.82, 2.24) is 10.2 Å². The summed E-state index contributed by atoms with van der Waals surface area (Å²) >= 11 is 12.5. The van der Waals surface area contributed by atoms with Crippen LogP contribution < -0.4 is 15.0 Å². The van der Waals surface area contributed by atoms with Gasteiger partial charge in [0, 0.05) is 30.3 Å². The molecular formula is C28H35Cl2N3O3. The van der Waals surface area contributed by atoms with Crippen LogP contribution in [0, 0.1) is 5.92 Å². The molecule has 0 spiro atoms. The van der Waals surface area contributed by atoms with Gasteiger partial charge in [-0.1, -0.05) is 35.7 Å². The molecule has 3 fully saturated rings. The van der Waals surface area contributed by atoms with Crippen molar-refractivity contribution in [3.05, 3.63) is 58.1 Å². The number of likely N-dealkylation sites (tertiary alicyclic amines) is 1. The topological polar surface area (TPSA) is 65.0 Å². The first-order valence-electron chi connectivity index (χ1n) is 13.1. The standard InChI is InChI=1S/C28H35Cl2N3O3/c29-21-5-7-22(8-6-21)33-15-12-20(17-33)28(35)31-25(18-32-13-2-1-3-14-32)27(34)19-4-11-26(24(30)16-19)36-23-9-10-23/h4-8,11,16,20,23,25,27,34H,1-3,9-10,12-15,17-18H2,(H,31,35)/t20-,25-,27-/m1/s1. The maximum absolute atomic E-state index is 13.4. The van der Waals surface area contributed by atoms with E-state index in [1.807, 2.05) is 36.4 Å². The van der Waals surface area contributed by atoms with Crippen molar-refractivity contribution in [2.45, 2.75) is 56.8 Å². The van der Waals surface area contributed by atoms with Gasteiger partial charge in [0.1, 0.15) is 11.9 Å². The Morgan fingerprint density at radius 1 is 1.03 bits per heavy atom. The van der Waals surface area contributed by atoms with Gasteiger partial charge in [-0.05, 0) is 87.2 Å². The molecule has 2 aliphatic heterocycles. The van der Waals surface area contributed by atoms with E-state index in [1.54, 1.807) is 6.07 Å². The normalized spacial score (nSPS) is 22.3. The van der Waals surface area contributed by atoms with Crippen LogP contribution >= 0.6 is 23.2 Å². The molecule has 0 aromatic heterocycles. The number of amides is 1. The van der Waals surface area contributed by atoms with Crippen molar-refractivity contribution < 1.29 is 14.6 Å². The zero-order valence-corrected chi connectivity index (χ0v) is 22.1. The molecule has 6 nitrogen and oxygen atoms in total. The quantitative estimate of drug-likeness (QED) is 0.473. The zero-order valence-electron chi connectivity index (χ0n) is 20.5. The lowest BCUT2D eigenvalue weighted by Crippen LogP contribution is -2.50. The Morgan fingerprint density at radius 2 is 1.78 bits per heavy atom. The molecule has 2 saturated heterocycles. The third-order valence-corrected chi connectivity index (χ3v) is 8.03. The molecular weight excluding hydrogens is 497 g/mol. The van der Waals surface area contributed by atoms with E-state index in [4.69, 9.17) is 27.9 Å². The summed E-state index contributed by atoms with van der Waals surface area (Å²) in [6.07, 6.45) is 5.81. The summed E-state index contributed by atoms with van der Waals surface area (Å²) in [5, 5.41) is 15.8. The molecule has 3 aliphatic rings. The van der Waals surface area contributed by atoms with Gasteiger partial charge in [0.05, 0.1) is 23.1 Å². The van der Waals surface area contributed by atoms with E-state index in [1.165, 1.54) is 6.42 Å². The molecule has 5 rings (SSSR count). The van der Waals surface area contributed by atoms with Crippen molar-refractivity contribution >= 4 is 34.8 Å². The number of aliphatic hydroxyl groups is 1. The maximum Gasteiger partial charge on any atom is 0.225 e. The lowest BCUT2D eigenvalue weighted by Gasteiger charge is -2.33. The number of anilines is 1. The number of benzene rings is 2. The third kappa shape index (κ3) is 6.46. The first kappa shape index (κ1) is 25.7. The number of hydrogen-bond donors (Lipinski definition) is 2. The molecule has 0 unspecified atom stereocenters. The third-order valence-electron chi connectivity index (χ3n) is 7.48. The number of nitrogens with zero attached hydrogens (tertiary/aromatic N) is 2. The van der Waals surface area contributed by atoms with Crippen LogP contribution in [0.3, 0.4) is 0 Å². The van der Waals surface area contributed by atoms with Crippen LogP contribution in [0.2, 0.25) is 10.0 Å². The van der Waals surface area contributed by atoms with Gasteiger partial charge in [-0.25, -0.2) is 0 Å². The molecule has 2 N–H and O–H groups in total. The van der Waals surface area contributed by atoms with Gasteiger partial charge in [-0.2, -0.15) is 0 Å². The number of nitrogens with one attached hydrogen (secondary N) is 1. The molecule has 2 heterocycles. The van der Waals surface area contributed by atoms with E-state index in [0.717, 1.165) is 57.4 Å². The van der Waals surface area contributed by atoms with Crippen LogP contribution in [-0.4, -0.2) is 60.8 Å². The maximum atomic E-state index is 13.4.